The van der Waals surface area contributed by atoms with Gasteiger partial charge in [-0.2, -0.15) is 0 Å². The first kappa shape index (κ1) is 13.7. The highest BCUT2D eigenvalue weighted by Crippen LogP contribution is 2.15. The van der Waals surface area contributed by atoms with E-state index in [2.05, 4.69) is 24.5 Å². The highest BCUT2D eigenvalue weighted by atomic mass is 16.2. The number of carbonyl (C=O) groups excluding carboxylic acids is 1. The zero-order chi connectivity index (χ0) is 12.8. The summed E-state index contributed by atoms with van der Waals surface area (Å²) in [7, 11) is 3.55. The molecule has 4 nitrogen and oxygen atoms in total. The van der Waals surface area contributed by atoms with Crippen molar-refractivity contribution >= 4 is 5.91 Å². The summed E-state index contributed by atoms with van der Waals surface area (Å²) >= 11 is 0. The third-order valence-corrected chi connectivity index (χ3v) is 2.57. The van der Waals surface area contributed by atoms with Crippen LogP contribution in [0.5, 0.6) is 0 Å². The van der Waals surface area contributed by atoms with Crippen molar-refractivity contribution in [3.63, 3.8) is 0 Å². The maximum atomic E-state index is 11.5. The minimum absolute atomic E-state index is 0.0675. The van der Waals surface area contributed by atoms with Crippen LogP contribution in [0.2, 0.25) is 0 Å². The Morgan fingerprint density at radius 2 is 1.94 bits per heavy atom. The Morgan fingerprint density at radius 1 is 1.35 bits per heavy atom. The molecular weight excluding hydrogens is 214 g/mol. The van der Waals surface area contributed by atoms with E-state index >= 15 is 0 Å². The summed E-state index contributed by atoms with van der Waals surface area (Å²) in [6.45, 7) is 2.11. The number of nitrogens with zero attached hydrogens (tertiary/aromatic N) is 1. The van der Waals surface area contributed by atoms with E-state index in [0.717, 1.165) is 12.0 Å². The molecule has 3 N–H and O–H groups in total. The number of carbonyl (C=O) groups is 1. The number of hydrogen-bond donors (Lipinski definition) is 2. The van der Waals surface area contributed by atoms with Gasteiger partial charge in [-0.1, -0.05) is 31.2 Å². The molecule has 4 heteroatoms. The van der Waals surface area contributed by atoms with E-state index in [4.69, 9.17) is 5.73 Å². The molecule has 0 spiro atoms. The molecule has 0 saturated carbocycles. The third kappa shape index (κ3) is 4.54. The SMILES string of the molecule is CCc1ccc(C(N)CC(=O)NN(C)C)cc1. The molecule has 94 valence electrons. The van der Waals surface area contributed by atoms with Crippen molar-refractivity contribution in [1.82, 2.24) is 10.4 Å². The van der Waals surface area contributed by atoms with Gasteiger partial charge < -0.3 is 5.73 Å². The molecule has 17 heavy (non-hydrogen) atoms. The van der Waals surface area contributed by atoms with Crippen molar-refractivity contribution in [2.24, 2.45) is 5.73 Å². The number of nitrogens with one attached hydrogen (secondary N) is 1. The molecule has 0 aliphatic rings. The topological polar surface area (TPSA) is 58.4 Å². The van der Waals surface area contributed by atoms with Gasteiger partial charge in [-0.05, 0) is 17.5 Å². The lowest BCUT2D eigenvalue weighted by molar-refractivity contribution is -0.125. The first-order valence-corrected chi connectivity index (χ1v) is 5.84. The number of rotatable bonds is 5. The van der Waals surface area contributed by atoms with E-state index in [0.29, 0.717) is 6.42 Å². The maximum Gasteiger partial charge on any atom is 0.236 e. The van der Waals surface area contributed by atoms with Gasteiger partial charge in [0.1, 0.15) is 0 Å². The number of aryl methyl sites for hydroxylation is 1. The van der Waals surface area contributed by atoms with Gasteiger partial charge in [0.25, 0.3) is 0 Å². The first-order chi connectivity index (χ1) is 8.02. The van der Waals surface area contributed by atoms with Gasteiger partial charge in [-0.3, -0.25) is 10.2 Å². The van der Waals surface area contributed by atoms with Crippen molar-refractivity contribution in [1.29, 1.82) is 0 Å². The lowest BCUT2D eigenvalue weighted by atomic mass is 10.0. The van der Waals surface area contributed by atoms with Crippen LogP contribution in [-0.2, 0) is 11.2 Å². The summed E-state index contributed by atoms with van der Waals surface area (Å²) in [5.41, 5.74) is 10.9. The van der Waals surface area contributed by atoms with Crippen LogP contribution in [0, 0.1) is 0 Å². The smallest absolute Gasteiger partial charge is 0.236 e. The van der Waals surface area contributed by atoms with E-state index in [1.807, 2.05) is 12.1 Å². The van der Waals surface area contributed by atoms with Gasteiger partial charge in [-0.25, -0.2) is 5.01 Å². The lowest BCUT2D eigenvalue weighted by Gasteiger charge is -2.15. The van der Waals surface area contributed by atoms with Gasteiger partial charge >= 0.3 is 0 Å². The Bertz CT molecular complexity index is 359. The molecule has 1 rings (SSSR count). The number of hydrogen-bond acceptors (Lipinski definition) is 3. The summed E-state index contributed by atoms with van der Waals surface area (Å²) in [4.78, 5) is 11.5. The highest BCUT2D eigenvalue weighted by molar-refractivity contribution is 5.76. The van der Waals surface area contributed by atoms with Crippen LogP contribution >= 0.6 is 0 Å². The third-order valence-electron chi connectivity index (χ3n) is 2.57. The Balaban J connectivity index is 2.56. The molecule has 0 aromatic heterocycles. The Kier molecular flexibility index (Phi) is 5.12. The van der Waals surface area contributed by atoms with Crippen LogP contribution in [0.4, 0.5) is 0 Å². The Morgan fingerprint density at radius 3 is 2.41 bits per heavy atom. The van der Waals surface area contributed by atoms with E-state index in [-0.39, 0.29) is 11.9 Å². The molecule has 1 aromatic carbocycles. The number of amides is 1. The molecule has 1 atom stereocenters. The molecule has 0 saturated heterocycles. The van der Waals surface area contributed by atoms with Gasteiger partial charge in [0.05, 0.1) is 0 Å². The molecule has 0 aliphatic carbocycles. The van der Waals surface area contributed by atoms with E-state index < -0.39 is 0 Å². The van der Waals surface area contributed by atoms with Crippen LogP contribution in [0.25, 0.3) is 0 Å². The Hall–Kier alpha value is -1.39. The average molecular weight is 235 g/mol. The van der Waals surface area contributed by atoms with Crippen molar-refractivity contribution in [3.8, 4) is 0 Å². The standard InChI is InChI=1S/C13H21N3O/c1-4-10-5-7-11(8-6-10)12(14)9-13(17)15-16(2)3/h5-8,12H,4,9,14H2,1-3H3,(H,15,17). The fourth-order valence-electron chi connectivity index (χ4n) is 1.61. The van der Waals surface area contributed by atoms with E-state index in [1.54, 1.807) is 19.1 Å². The number of nitrogens with two attached hydrogens (primary N) is 1. The molecule has 0 heterocycles. The largest absolute Gasteiger partial charge is 0.324 e. The summed E-state index contributed by atoms with van der Waals surface area (Å²) in [6, 6.07) is 7.85. The van der Waals surface area contributed by atoms with E-state index in [9.17, 15) is 4.79 Å². The van der Waals surface area contributed by atoms with Crippen LogP contribution in [0.15, 0.2) is 24.3 Å². The van der Waals surface area contributed by atoms with Gasteiger partial charge in [0, 0.05) is 26.6 Å². The minimum Gasteiger partial charge on any atom is -0.324 e. The average Bonchev–Trinajstić information content (AvgIpc) is 2.28. The second-order valence-corrected chi connectivity index (χ2v) is 4.34. The summed E-state index contributed by atoms with van der Waals surface area (Å²) < 4.78 is 0. The van der Waals surface area contributed by atoms with Crippen LogP contribution in [-0.4, -0.2) is 25.0 Å². The van der Waals surface area contributed by atoms with Crippen molar-refractivity contribution in [3.05, 3.63) is 35.4 Å². The zero-order valence-corrected chi connectivity index (χ0v) is 10.7. The molecule has 0 bridgehead atoms. The van der Waals surface area contributed by atoms with Crippen molar-refractivity contribution in [2.45, 2.75) is 25.8 Å². The van der Waals surface area contributed by atoms with Gasteiger partial charge in [0.2, 0.25) is 5.91 Å². The first-order valence-electron chi connectivity index (χ1n) is 5.84. The maximum absolute atomic E-state index is 11.5. The lowest BCUT2D eigenvalue weighted by Crippen LogP contribution is -2.37. The fraction of sp³-hybridized carbons (Fsp3) is 0.462. The minimum atomic E-state index is -0.249. The predicted molar refractivity (Wildman–Crippen MR) is 69.2 cm³/mol. The second-order valence-electron chi connectivity index (χ2n) is 4.34. The molecule has 1 amide bonds. The molecular formula is C13H21N3O. The van der Waals surface area contributed by atoms with Crippen molar-refractivity contribution in [2.75, 3.05) is 14.1 Å². The van der Waals surface area contributed by atoms with E-state index in [1.165, 1.54) is 5.56 Å². The molecule has 1 aromatic rings. The van der Waals surface area contributed by atoms with Crippen LogP contribution < -0.4 is 11.2 Å². The number of hydrazine groups is 1. The van der Waals surface area contributed by atoms with Crippen molar-refractivity contribution < 1.29 is 4.79 Å². The van der Waals surface area contributed by atoms with Gasteiger partial charge in [-0.15, -0.1) is 0 Å². The monoisotopic (exact) mass is 235 g/mol. The predicted octanol–water partition coefficient (Wildman–Crippen LogP) is 1.23. The summed E-state index contributed by atoms with van der Waals surface area (Å²) in [6.07, 6.45) is 1.31. The zero-order valence-electron chi connectivity index (χ0n) is 10.7. The fourth-order valence-corrected chi connectivity index (χ4v) is 1.61. The molecule has 0 aliphatic heterocycles. The molecule has 0 fully saturated rings. The molecule has 0 radical (unpaired) electrons. The van der Waals surface area contributed by atoms with Crippen LogP contribution in [0.3, 0.4) is 0 Å². The second kappa shape index (κ2) is 6.37. The molecule has 1 unspecified atom stereocenters. The Labute approximate surface area is 103 Å². The number of benzene rings is 1. The van der Waals surface area contributed by atoms with Gasteiger partial charge in [0.15, 0.2) is 0 Å². The van der Waals surface area contributed by atoms with Crippen LogP contribution in [0.1, 0.15) is 30.5 Å². The summed E-state index contributed by atoms with van der Waals surface area (Å²) in [5, 5.41) is 1.62. The summed E-state index contributed by atoms with van der Waals surface area (Å²) in [5.74, 6) is -0.0675. The normalized spacial score (nSPS) is 12.5. The quantitative estimate of drug-likeness (QED) is 0.755. The highest BCUT2D eigenvalue weighted by Gasteiger charge is 2.11.